The van der Waals surface area contributed by atoms with Crippen molar-refractivity contribution in [2.75, 3.05) is 19.0 Å². The number of halogens is 1. The van der Waals surface area contributed by atoms with Gasteiger partial charge in [-0.05, 0) is 27.6 Å². The van der Waals surface area contributed by atoms with E-state index in [1.165, 1.54) is 5.69 Å². The van der Waals surface area contributed by atoms with Crippen LogP contribution in [0.2, 0.25) is 0 Å². The fourth-order valence-electron chi connectivity index (χ4n) is 1.17. The molecule has 0 spiro atoms. The Morgan fingerprint density at radius 3 is 2.50 bits per heavy atom. The van der Waals surface area contributed by atoms with E-state index in [1.807, 2.05) is 38.4 Å². The van der Waals surface area contributed by atoms with Gasteiger partial charge in [0.15, 0.2) is 0 Å². The number of hydrogen-bond donors (Lipinski definition) is 0. The van der Waals surface area contributed by atoms with Crippen molar-refractivity contribution < 1.29 is 0 Å². The van der Waals surface area contributed by atoms with Crippen molar-refractivity contribution in [3.05, 3.63) is 34.8 Å². The van der Waals surface area contributed by atoms with Crippen LogP contribution >= 0.6 is 15.9 Å². The lowest BCUT2D eigenvalue weighted by Gasteiger charge is -2.17. The van der Waals surface area contributed by atoms with Crippen molar-refractivity contribution in [2.24, 2.45) is 0 Å². The molecule has 0 unspecified atom stereocenters. The van der Waals surface area contributed by atoms with E-state index < -0.39 is 0 Å². The van der Waals surface area contributed by atoms with Crippen molar-refractivity contribution in [1.82, 2.24) is 0 Å². The average molecular weight is 226 g/mol. The van der Waals surface area contributed by atoms with Gasteiger partial charge < -0.3 is 4.90 Å². The van der Waals surface area contributed by atoms with Crippen LogP contribution in [0.25, 0.3) is 6.08 Å². The monoisotopic (exact) mass is 225 g/mol. The fraction of sp³-hybridized carbons (Fsp3) is 0.200. The average Bonchev–Trinajstić information content (AvgIpc) is 2.03. The molecule has 12 heavy (non-hydrogen) atoms. The molecule has 64 valence electrons. The Morgan fingerprint density at radius 1 is 1.42 bits per heavy atom. The van der Waals surface area contributed by atoms with E-state index in [2.05, 4.69) is 27.4 Å². The first-order valence-corrected chi connectivity index (χ1v) is 4.54. The Morgan fingerprint density at radius 2 is 2.08 bits per heavy atom. The van der Waals surface area contributed by atoms with Gasteiger partial charge in [-0.3, -0.25) is 0 Å². The highest BCUT2D eigenvalue weighted by atomic mass is 79.9. The van der Waals surface area contributed by atoms with Gasteiger partial charge in [-0.25, -0.2) is 0 Å². The molecule has 0 aliphatic carbocycles. The molecular weight excluding hydrogens is 214 g/mol. The predicted molar refractivity (Wildman–Crippen MR) is 58.6 cm³/mol. The minimum atomic E-state index is 1.10. The smallest absolute Gasteiger partial charge is 0.0578 e. The Kier molecular flexibility index (Phi) is 2.93. The van der Waals surface area contributed by atoms with E-state index in [9.17, 15) is 0 Å². The van der Waals surface area contributed by atoms with Crippen LogP contribution in [0.1, 0.15) is 5.56 Å². The summed E-state index contributed by atoms with van der Waals surface area (Å²) in [6, 6.07) is 6.09. The first-order chi connectivity index (χ1) is 5.66. The van der Waals surface area contributed by atoms with Gasteiger partial charge >= 0.3 is 0 Å². The first kappa shape index (κ1) is 9.33. The van der Waals surface area contributed by atoms with Crippen LogP contribution < -0.4 is 4.90 Å². The Balaban J connectivity index is 3.29. The SMILES string of the molecule is C=Cc1cccc(Br)c1N(C)C. The van der Waals surface area contributed by atoms with Crippen LogP contribution in [0.3, 0.4) is 0 Å². The lowest BCUT2D eigenvalue weighted by Crippen LogP contribution is -2.10. The summed E-state index contributed by atoms with van der Waals surface area (Å²) in [5.41, 5.74) is 2.32. The van der Waals surface area contributed by atoms with Crippen LogP contribution in [0, 0.1) is 0 Å². The molecule has 0 amide bonds. The Bertz CT molecular complexity index is 292. The zero-order chi connectivity index (χ0) is 9.14. The number of anilines is 1. The van der Waals surface area contributed by atoms with Crippen LogP contribution in [0.15, 0.2) is 29.3 Å². The lowest BCUT2D eigenvalue weighted by atomic mass is 10.1. The third-order valence-corrected chi connectivity index (χ3v) is 2.33. The second kappa shape index (κ2) is 3.76. The summed E-state index contributed by atoms with van der Waals surface area (Å²) in [5, 5.41) is 0. The molecule has 0 radical (unpaired) electrons. The van der Waals surface area contributed by atoms with E-state index in [1.54, 1.807) is 0 Å². The quantitative estimate of drug-likeness (QED) is 0.748. The Labute approximate surface area is 81.8 Å². The van der Waals surface area contributed by atoms with E-state index in [4.69, 9.17) is 0 Å². The molecule has 0 atom stereocenters. The standard InChI is InChI=1S/C10H12BrN/c1-4-8-6-5-7-9(11)10(8)12(2)3/h4-7H,1H2,2-3H3. The molecule has 0 fully saturated rings. The molecule has 0 saturated carbocycles. The van der Waals surface area contributed by atoms with Gasteiger partial charge in [0.05, 0.1) is 5.69 Å². The van der Waals surface area contributed by atoms with Gasteiger partial charge in [-0.1, -0.05) is 24.8 Å². The molecule has 0 bridgehead atoms. The van der Waals surface area contributed by atoms with E-state index in [-0.39, 0.29) is 0 Å². The highest BCUT2D eigenvalue weighted by Gasteiger charge is 2.04. The molecular formula is C10H12BrN. The highest BCUT2D eigenvalue weighted by Crippen LogP contribution is 2.29. The summed E-state index contributed by atoms with van der Waals surface area (Å²) in [6.45, 7) is 3.77. The van der Waals surface area contributed by atoms with E-state index >= 15 is 0 Å². The maximum atomic E-state index is 3.77. The van der Waals surface area contributed by atoms with E-state index in [0.717, 1.165) is 10.0 Å². The van der Waals surface area contributed by atoms with Crippen LogP contribution in [-0.4, -0.2) is 14.1 Å². The maximum absolute atomic E-state index is 3.77. The number of benzene rings is 1. The van der Waals surface area contributed by atoms with Crippen molar-refractivity contribution >= 4 is 27.7 Å². The molecule has 0 aliphatic heterocycles. The number of para-hydroxylation sites is 1. The number of nitrogens with zero attached hydrogens (tertiary/aromatic N) is 1. The molecule has 1 nitrogen and oxygen atoms in total. The van der Waals surface area contributed by atoms with Crippen LogP contribution in [0.4, 0.5) is 5.69 Å². The summed E-state index contributed by atoms with van der Waals surface area (Å²) in [4.78, 5) is 2.07. The largest absolute Gasteiger partial charge is 0.376 e. The second-order valence-corrected chi connectivity index (χ2v) is 3.63. The summed E-state index contributed by atoms with van der Waals surface area (Å²) >= 11 is 3.50. The molecule has 1 aromatic rings. The molecule has 0 saturated heterocycles. The zero-order valence-corrected chi connectivity index (χ0v) is 8.93. The second-order valence-electron chi connectivity index (χ2n) is 2.78. The van der Waals surface area contributed by atoms with E-state index in [0.29, 0.717) is 0 Å². The minimum Gasteiger partial charge on any atom is -0.376 e. The summed E-state index contributed by atoms with van der Waals surface area (Å²) in [5.74, 6) is 0. The van der Waals surface area contributed by atoms with Crippen molar-refractivity contribution in [2.45, 2.75) is 0 Å². The third kappa shape index (κ3) is 1.69. The topological polar surface area (TPSA) is 3.24 Å². The van der Waals surface area contributed by atoms with Crippen molar-refractivity contribution in [3.8, 4) is 0 Å². The van der Waals surface area contributed by atoms with Gasteiger partial charge in [-0.2, -0.15) is 0 Å². The molecule has 1 aromatic carbocycles. The van der Waals surface area contributed by atoms with Crippen LogP contribution in [-0.2, 0) is 0 Å². The molecule has 0 heterocycles. The minimum absolute atomic E-state index is 1.10. The number of hydrogen-bond acceptors (Lipinski definition) is 1. The molecule has 0 aromatic heterocycles. The first-order valence-electron chi connectivity index (χ1n) is 3.75. The fourth-order valence-corrected chi connectivity index (χ4v) is 1.90. The molecule has 0 N–H and O–H groups in total. The molecule has 2 heteroatoms. The van der Waals surface area contributed by atoms with Gasteiger partial charge in [0.1, 0.15) is 0 Å². The van der Waals surface area contributed by atoms with Gasteiger partial charge in [0, 0.05) is 18.6 Å². The highest BCUT2D eigenvalue weighted by molar-refractivity contribution is 9.10. The molecule has 1 rings (SSSR count). The lowest BCUT2D eigenvalue weighted by molar-refractivity contribution is 1.12. The predicted octanol–water partition coefficient (Wildman–Crippen LogP) is 3.16. The molecule has 0 aliphatic rings. The van der Waals surface area contributed by atoms with Gasteiger partial charge in [-0.15, -0.1) is 0 Å². The third-order valence-electron chi connectivity index (χ3n) is 1.69. The summed E-state index contributed by atoms with van der Waals surface area (Å²) in [7, 11) is 4.04. The van der Waals surface area contributed by atoms with Crippen molar-refractivity contribution in [3.63, 3.8) is 0 Å². The summed E-state index contributed by atoms with van der Waals surface area (Å²) < 4.78 is 1.10. The van der Waals surface area contributed by atoms with Gasteiger partial charge in [0.25, 0.3) is 0 Å². The van der Waals surface area contributed by atoms with Crippen molar-refractivity contribution in [1.29, 1.82) is 0 Å². The normalized spacial score (nSPS) is 9.58. The summed E-state index contributed by atoms with van der Waals surface area (Å²) in [6.07, 6.45) is 1.86. The Hall–Kier alpha value is -0.760. The zero-order valence-electron chi connectivity index (χ0n) is 7.34. The maximum Gasteiger partial charge on any atom is 0.0578 e. The van der Waals surface area contributed by atoms with Crippen LogP contribution in [0.5, 0.6) is 0 Å². The number of rotatable bonds is 2. The van der Waals surface area contributed by atoms with Gasteiger partial charge in [0.2, 0.25) is 0 Å².